The topological polar surface area (TPSA) is 458 Å². The molecule has 0 amide bonds. The van der Waals surface area contributed by atoms with Gasteiger partial charge in [-0.15, -0.1) is 20.5 Å². The fourth-order valence-electron chi connectivity index (χ4n) is 4.68. The first-order chi connectivity index (χ1) is 26.1. The molecule has 0 radical (unpaired) electrons. The molecule has 1 aromatic heterocycles. The van der Waals surface area contributed by atoms with E-state index in [4.69, 9.17) is 23.1 Å². The second-order valence-electron chi connectivity index (χ2n) is 10.7. The summed E-state index contributed by atoms with van der Waals surface area (Å²) in [5, 5.41) is 25.4. The molecule has 0 saturated carbocycles. The number of nitrogens with two attached hydrogens (primary N) is 2. The van der Waals surface area contributed by atoms with Crippen LogP contribution in [0.25, 0.3) is 10.8 Å². The molecule has 0 bridgehead atoms. The van der Waals surface area contributed by atoms with Gasteiger partial charge in [0.1, 0.15) is 73.3 Å². The van der Waals surface area contributed by atoms with Gasteiger partial charge in [-0.1, -0.05) is 0 Å². The van der Waals surface area contributed by atoms with Crippen molar-refractivity contribution < 1.29 is 164 Å². The molecule has 0 aliphatic carbocycles. The molecule has 1 heterocycles. The Morgan fingerprint density at radius 2 is 1.02 bits per heavy atom. The Balaban J connectivity index is 0.00000744. The zero-order valence-electron chi connectivity index (χ0n) is 31.9. The predicted octanol–water partition coefficient (Wildman–Crippen LogP) is -13.3. The van der Waals surface area contributed by atoms with Gasteiger partial charge in [0.15, 0.2) is 5.75 Å². The Labute approximate surface area is 415 Å². The predicted molar refractivity (Wildman–Crippen MR) is 184 cm³/mol. The van der Waals surface area contributed by atoms with Crippen LogP contribution in [0.3, 0.4) is 0 Å². The smallest absolute Gasteiger partial charge is 0.744 e. The number of rotatable bonds is 11. The zero-order chi connectivity index (χ0) is 42.6. The minimum absolute atomic E-state index is 0. The van der Waals surface area contributed by atoms with Gasteiger partial charge in [-0.3, -0.25) is 0 Å². The number of phenolic OH excluding ortho intramolecular Hbond substituents is 1. The number of fused-ring (bicyclic) bond motifs is 1. The summed E-state index contributed by atoms with van der Waals surface area (Å²) in [6.45, 7) is 0. The first-order valence-electron chi connectivity index (χ1n) is 14.0. The summed E-state index contributed by atoms with van der Waals surface area (Å²) in [5.41, 5.74) is 5.61. The van der Waals surface area contributed by atoms with E-state index in [0.29, 0.717) is 30.3 Å². The molecule has 0 aliphatic rings. The van der Waals surface area contributed by atoms with Crippen molar-refractivity contribution in [1.29, 1.82) is 0 Å². The molecule has 4 aromatic carbocycles. The summed E-state index contributed by atoms with van der Waals surface area (Å²) in [4.78, 5) is 4.46. The van der Waals surface area contributed by atoms with E-state index < -0.39 is 120 Å². The van der Waals surface area contributed by atoms with E-state index in [1.165, 1.54) is 0 Å². The maximum Gasteiger partial charge on any atom is 1.00 e. The number of azo groups is 2. The van der Waals surface area contributed by atoms with Gasteiger partial charge in [0.25, 0.3) is 0 Å². The van der Waals surface area contributed by atoms with E-state index >= 15 is 0 Å². The van der Waals surface area contributed by atoms with E-state index in [1.54, 1.807) is 0 Å². The van der Waals surface area contributed by atoms with Crippen LogP contribution in [0, 0.1) is 0 Å². The van der Waals surface area contributed by atoms with Gasteiger partial charge < -0.3 is 44.7 Å². The van der Waals surface area contributed by atoms with Crippen molar-refractivity contribution in [3.05, 3.63) is 53.8 Å². The van der Waals surface area contributed by atoms with Crippen LogP contribution in [0.2, 0.25) is 5.28 Å². The van der Waals surface area contributed by atoms with Gasteiger partial charge in [0.2, 0.25) is 17.2 Å². The molecule has 302 valence electrons. The van der Waals surface area contributed by atoms with Crippen molar-refractivity contribution in [2.45, 2.75) is 24.5 Å². The van der Waals surface area contributed by atoms with Gasteiger partial charge in [0.05, 0.1) is 35.6 Å². The number of halogens is 1. The maximum atomic E-state index is 12.4. The van der Waals surface area contributed by atoms with Gasteiger partial charge in [-0.05, 0) is 65.5 Å². The molecule has 0 fully saturated rings. The largest absolute Gasteiger partial charge is 1.00 e. The van der Waals surface area contributed by atoms with E-state index in [1.807, 2.05) is 0 Å². The number of hydrogen-bond donors (Lipinski definition) is 4. The van der Waals surface area contributed by atoms with Crippen molar-refractivity contribution in [3.63, 3.8) is 0 Å². The quantitative estimate of drug-likeness (QED) is 0.0413. The summed E-state index contributed by atoms with van der Waals surface area (Å²) >= 11 is 5.73. The van der Waals surface area contributed by atoms with Crippen molar-refractivity contribution >= 4 is 119 Å². The van der Waals surface area contributed by atoms with Gasteiger partial charge in [-0.25, -0.2) is 42.1 Å². The molecular formula is C25H14ClLi5N10O16S5. The molecule has 0 saturated heterocycles. The number of aromatic nitrogens is 3. The second-order valence-corrected chi connectivity index (χ2v) is 17.8. The van der Waals surface area contributed by atoms with E-state index in [9.17, 15) is 70.0 Å². The number of nitrogen functional groups attached to an aromatic ring is 2. The fraction of sp³-hybridized carbons (Fsp3) is 0. The maximum absolute atomic E-state index is 12.4. The molecule has 0 unspecified atom stereocenters. The SMILES string of the molecule is Nc1nc(Cl)nc(Nc2ccc(S(=O)(=O)[O-])c(N=Nc3c(S(=O)(=O)[O-])cc4cc(S(=O)(=O)[O-])c(N=Nc5cc(S(=O)(=O)[O-])ccc5S(=O)(=O)[O-])c(N)c4c3O)c2)n1.[Li+].[Li+].[Li+].[Li+].[Li+]. The Morgan fingerprint density at radius 1 is 0.565 bits per heavy atom. The third-order valence-corrected chi connectivity index (χ3v) is 11.4. The molecule has 0 atom stereocenters. The molecule has 5 rings (SSSR count). The first kappa shape index (κ1) is 59.4. The van der Waals surface area contributed by atoms with Crippen LogP contribution in [0.1, 0.15) is 0 Å². The fourth-order valence-corrected chi connectivity index (χ4v) is 7.82. The summed E-state index contributed by atoms with van der Waals surface area (Å²) in [6.07, 6.45) is 0. The minimum Gasteiger partial charge on any atom is -0.744 e. The number of benzene rings is 4. The number of anilines is 4. The second kappa shape index (κ2) is 21.6. The molecule has 6 N–H and O–H groups in total. The standard InChI is InChI=1S/C25H19ClN10O16S5.5Li/c26-23-30-24(28)32-25(31-23)29-10-1-3-14(54(41,42)43)12(7-10)33-36-21-17(57(50,51)52)6-9-5-16(56(47,48)49)20(19(27)18(9)22(21)37)35-34-13-8-11(53(38,39)40)2-4-15(13)55(44,45)46;;;;;/h1-8,37H,27H2,(H,38,39,40)(H,41,42,43)(H,44,45,46)(H,47,48,49)(H,50,51,52)(H3,28,29,30,31,32);;;;;/q;5*+1/p-5. The van der Waals surface area contributed by atoms with Crippen LogP contribution >= 0.6 is 11.6 Å². The van der Waals surface area contributed by atoms with Crippen LogP contribution in [0.15, 0.2) is 93.5 Å². The molecule has 62 heavy (non-hydrogen) atoms. The molecule has 0 aliphatic heterocycles. The number of hydrogen-bond acceptors (Lipinski definition) is 26. The van der Waals surface area contributed by atoms with Crippen molar-refractivity contribution in [2.75, 3.05) is 16.8 Å². The third kappa shape index (κ3) is 13.7. The van der Waals surface area contributed by atoms with Gasteiger partial charge >= 0.3 is 94.3 Å². The van der Waals surface area contributed by atoms with Gasteiger partial charge in [0, 0.05) is 5.69 Å². The number of aromatic hydroxyl groups is 1. The van der Waals surface area contributed by atoms with Crippen molar-refractivity contribution in [1.82, 2.24) is 15.0 Å². The average molecular weight is 941 g/mol. The number of nitrogens with zero attached hydrogens (tertiary/aromatic N) is 7. The van der Waals surface area contributed by atoms with Crippen LogP contribution in [-0.2, 0) is 50.6 Å². The average Bonchev–Trinajstić information content (AvgIpc) is 3.04. The Bertz CT molecular complexity index is 3190. The molecule has 5 aromatic rings. The summed E-state index contributed by atoms with van der Waals surface area (Å²) in [6, 6.07) is 4.19. The number of phenols is 1. The Morgan fingerprint density at radius 3 is 1.48 bits per heavy atom. The Hall–Kier alpha value is -2.62. The molecular weight excluding hydrogens is 927 g/mol. The van der Waals surface area contributed by atoms with Crippen LogP contribution in [0.5, 0.6) is 5.75 Å². The Kier molecular flexibility index (Phi) is 20.7. The normalized spacial score (nSPS) is 12.1. The molecule has 0 spiro atoms. The van der Waals surface area contributed by atoms with Crippen LogP contribution < -0.4 is 111 Å². The van der Waals surface area contributed by atoms with Crippen molar-refractivity contribution in [2.24, 2.45) is 20.5 Å². The first-order valence-corrected chi connectivity index (χ1v) is 21.4. The van der Waals surface area contributed by atoms with Crippen LogP contribution in [-0.4, -0.2) is 84.9 Å². The molecule has 26 nitrogen and oxygen atoms in total. The van der Waals surface area contributed by atoms with E-state index in [0.717, 1.165) is 12.1 Å². The summed E-state index contributed by atoms with van der Waals surface area (Å²) in [7, 11) is -27.8. The number of nitrogens with one attached hydrogen (secondary N) is 1. The minimum atomic E-state index is -5.77. The zero-order valence-corrected chi connectivity index (χ0v) is 36.7. The third-order valence-electron chi connectivity index (χ3n) is 6.97. The molecule has 37 heteroatoms. The monoisotopic (exact) mass is 940 g/mol. The van der Waals surface area contributed by atoms with Crippen LogP contribution in [0.4, 0.5) is 46.0 Å². The van der Waals surface area contributed by atoms with E-state index in [-0.39, 0.29) is 123 Å². The van der Waals surface area contributed by atoms with E-state index in [2.05, 4.69) is 40.7 Å². The summed E-state index contributed by atoms with van der Waals surface area (Å²) < 4.78 is 180. The van der Waals surface area contributed by atoms with Crippen molar-refractivity contribution in [3.8, 4) is 5.75 Å². The summed E-state index contributed by atoms with van der Waals surface area (Å²) in [5.74, 6) is -2.12. The van der Waals surface area contributed by atoms with Gasteiger partial charge in [-0.2, -0.15) is 15.0 Å².